The summed E-state index contributed by atoms with van der Waals surface area (Å²) in [5.41, 5.74) is 0.497. The average Bonchev–Trinajstić information content (AvgIpc) is 2.76. The summed E-state index contributed by atoms with van der Waals surface area (Å²) in [6.07, 6.45) is 2.38. The fourth-order valence-corrected chi connectivity index (χ4v) is 4.94. The predicted octanol–water partition coefficient (Wildman–Crippen LogP) is 3.83. The van der Waals surface area contributed by atoms with Crippen molar-refractivity contribution in [2.75, 3.05) is 13.1 Å². The van der Waals surface area contributed by atoms with Crippen LogP contribution in [0.4, 0.5) is 4.39 Å². The number of rotatable bonds is 5. The number of piperidine rings is 1. The minimum atomic E-state index is -1.53. The highest BCUT2D eigenvalue weighted by atomic mass is 35.5. The zero-order valence-corrected chi connectivity index (χ0v) is 20.6. The molecule has 0 saturated carbocycles. The van der Waals surface area contributed by atoms with Crippen molar-refractivity contribution >= 4 is 28.9 Å². The molecule has 2 aromatic rings. The third-order valence-corrected chi connectivity index (χ3v) is 7.88. The Labute approximate surface area is 200 Å². The molecule has 1 aromatic heterocycles. The second-order valence-electron chi connectivity index (χ2n) is 9.30. The third kappa shape index (κ3) is 5.71. The van der Waals surface area contributed by atoms with Gasteiger partial charge in [0.2, 0.25) is 5.56 Å². The molecule has 180 valence electrons. The van der Waals surface area contributed by atoms with Crippen LogP contribution >= 0.6 is 11.6 Å². The van der Waals surface area contributed by atoms with Crippen molar-refractivity contribution < 1.29 is 18.8 Å². The van der Waals surface area contributed by atoms with Gasteiger partial charge in [0, 0.05) is 36.7 Å². The minimum absolute atomic E-state index is 0.00592. The van der Waals surface area contributed by atoms with E-state index in [4.69, 9.17) is 11.6 Å². The molecule has 3 rings (SSSR count). The predicted molar refractivity (Wildman–Crippen MR) is 127 cm³/mol. The highest BCUT2D eigenvalue weighted by molar-refractivity contribution is 7.90. The number of aromatic nitrogens is 1. The molecule has 1 unspecified atom stereocenters. The Hall–Kier alpha value is -2.07. The van der Waals surface area contributed by atoms with E-state index in [0.29, 0.717) is 37.1 Å². The van der Waals surface area contributed by atoms with Gasteiger partial charge < -0.3 is 19.5 Å². The Bertz CT molecular complexity index is 1060. The average molecular weight is 498 g/mol. The van der Waals surface area contributed by atoms with Crippen LogP contribution in [0.5, 0.6) is 5.75 Å². The van der Waals surface area contributed by atoms with Crippen molar-refractivity contribution in [2.24, 2.45) is 5.92 Å². The van der Waals surface area contributed by atoms with E-state index in [9.17, 15) is 19.2 Å². The second kappa shape index (κ2) is 10.0. The van der Waals surface area contributed by atoms with Crippen LogP contribution in [0, 0.1) is 18.7 Å². The topological polar surface area (TPSA) is 108 Å². The number of H-pyrrole nitrogens is 1. The molecule has 10 heteroatoms. The number of phenols is 1. The highest BCUT2D eigenvalue weighted by Crippen LogP contribution is 2.41. The van der Waals surface area contributed by atoms with Crippen molar-refractivity contribution in [2.45, 2.75) is 51.3 Å². The van der Waals surface area contributed by atoms with Gasteiger partial charge in [0.05, 0.1) is 22.2 Å². The van der Waals surface area contributed by atoms with Gasteiger partial charge in [-0.3, -0.25) is 9.59 Å². The molecule has 0 spiro atoms. The Kier molecular flexibility index (Phi) is 7.78. The van der Waals surface area contributed by atoms with E-state index in [2.05, 4.69) is 9.71 Å². The molecule has 33 heavy (non-hydrogen) atoms. The lowest BCUT2D eigenvalue weighted by atomic mass is 9.85. The molecular formula is C23H29ClFN3O4S. The minimum Gasteiger partial charge on any atom is -0.598 e. The summed E-state index contributed by atoms with van der Waals surface area (Å²) in [6, 6.07) is 3.43. The molecule has 0 aliphatic carbocycles. The van der Waals surface area contributed by atoms with Crippen LogP contribution in [-0.4, -0.2) is 43.3 Å². The summed E-state index contributed by atoms with van der Waals surface area (Å²) in [5, 5.41) is 10.5. The maximum Gasteiger partial charge on any atom is 0.255 e. The first-order chi connectivity index (χ1) is 15.4. The lowest BCUT2D eigenvalue weighted by molar-refractivity contribution is 0.0672. The number of nitrogens with one attached hydrogen (secondary N) is 2. The first-order valence-corrected chi connectivity index (χ1v) is 12.3. The molecule has 1 amide bonds. The van der Waals surface area contributed by atoms with Gasteiger partial charge in [0.25, 0.3) is 5.91 Å². The van der Waals surface area contributed by atoms with Crippen LogP contribution in [0.3, 0.4) is 0 Å². The van der Waals surface area contributed by atoms with Crippen molar-refractivity contribution in [3.8, 4) is 5.75 Å². The fourth-order valence-electron chi connectivity index (χ4n) is 3.89. The summed E-state index contributed by atoms with van der Waals surface area (Å²) in [6.45, 7) is 7.80. The number of aromatic amines is 1. The number of likely N-dealkylation sites (tertiary alicyclic amines) is 1. The SMILES string of the molecule is Cc1cc(O)c(C(N[S@@+]([O-])C(C)(C)C)C2CCN(C(=O)c3ccc(=O)[nH]c3)CC2)c(F)c1Cl. The van der Waals surface area contributed by atoms with E-state index in [-0.39, 0.29) is 33.7 Å². The molecular weight excluding hydrogens is 469 g/mol. The quantitative estimate of drug-likeness (QED) is 0.544. The number of benzene rings is 1. The number of hydrogen-bond donors (Lipinski definition) is 3. The molecule has 1 fully saturated rings. The monoisotopic (exact) mass is 497 g/mol. The van der Waals surface area contributed by atoms with Crippen LogP contribution in [0.2, 0.25) is 5.02 Å². The van der Waals surface area contributed by atoms with Crippen molar-refractivity contribution in [3.05, 3.63) is 62.3 Å². The summed E-state index contributed by atoms with van der Waals surface area (Å²) < 4.78 is 30.5. The maximum atomic E-state index is 15.2. The van der Waals surface area contributed by atoms with Gasteiger partial charge in [-0.1, -0.05) is 11.6 Å². The van der Waals surface area contributed by atoms with Gasteiger partial charge in [-0.05, 0) is 64.2 Å². The zero-order chi connectivity index (χ0) is 24.5. The molecule has 1 aliphatic rings. The molecule has 0 radical (unpaired) electrons. The number of nitrogens with zero attached hydrogens (tertiary/aromatic N) is 1. The Morgan fingerprint density at radius 1 is 1.36 bits per heavy atom. The Morgan fingerprint density at radius 2 is 2.00 bits per heavy atom. The summed E-state index contributed by atoms with van der Waals surface area (Å²) >= 11 is 4.61. The molecule has 1 aliphatic heterocycles. The molecule has 1 saturated heterocycles. The Balaban J connectivity index is 1.85. The van der Waals surface area contributed by atoms with Gasteiger partial charge in [0.1, 0.15) is 10.5 Å². The number of pyridine rings is 1. The van der Waals surface area contributed by atoms with E-state index in [1.165, 1.54) is 24.4 Å². The Morgan fingerprint density at radius 3 is 2.55 bits per heavy atom. The molecule has 2 atom stereocenters. The number of halogens is 2. The standard InChI is InChI=1S/C23H29ClFN3O4S/c1-13-11-16(29)18(20(25)19(13)24)21(27-33(32)23(2,3)4)14-7-9-28(10-8-14)22(31)15-5-6-17(30)26-12-15/h5-6,11-12,14,21,27,29H,7-10H2,1-4H3,(H,26,30)/t21?,33-/m0/s1. The van der Waals surface area contributed by atoms with Gasteiger partial charge in [-0.25, -0.2) is 4.39 Å². The van der Waals surface area contributed by atoms with Crippen LogP contribution < -0.4 is 10.3 Å². The van der Waals surface area contributed by atoms with Gasteiger partial charge in [0.15, 0.2) is 5.82 Å². The van der Waals surface area contributed by atoms with Gasteiger partial charge >= 0.3 is 0 Å². The van der Waals surface area contributed by atoms with E-state index in [1.54, 1.807) is 32.6 Å². The third-order valence-electron chi connectivity index (χ3n) is 5.84. The van der Waals surface area contributed by atoms with Crippen molar-refractivity contribution in [1.29, 1.82) is 0 Å². The zero-order valence-electron chi connectivity index (χ0n) is 19.1. The summed E-state index contributed by atoms with van der Waals surface area (Å²) in [7, 11) is 0. The van der Waals surface area contributed by atoms with Crippen molar-refractivity contribution in [1.82, 2.24) is 14.6 Å². The van der Waals surface area contributed by atoms with Gasteiger partial charge in [-0.15, -0.1) is 4.72 Å². The number of phenolic OH excluding ortho intramolecular Hbond substituents is 1. The number of carbonyl (C=O) groups excluding carboxylic acids is 1. The van der Waals surface area contributed by atoms with Gasteiger partial charge in [-0.2, -0.15) is 0 Å². The molecule has 0 bridgehead atoms. The lowest BCUT2D eigenvalue weighted by Gasteiger charge is -2.38. The summed E-state index contributed by atoms with van der Waals surface area (Å²) in [4.78, 5) is 28.2. The highest BCUT2D eigenvalue weighted by Gasteiger charge is 2.39. The number of aromatic hydroxyl groups is 1. The summed E-state index contributed by atoms with van der Waals surface area (Å²) in [5.74, 6) is -1.39. The van der Waals surface area contributed by atoms with Crippen LogP contribution in [-0.2, 0) is 11.4 Å². The number of amides is 1. The molecule has 3 N–H and O–H groups in total. The molecule has 7 nitrogen and oxygen atoms in total. The maximum absolute atomic E-state index is 15.2. The van der Waals surface area contributed by atoms with Crippen LogP contribution in [0.25, 0.3) is 0 Å². The van der Waals surface area contributed by atoms with Crippen LogP contribution in [0.1, 0.15) is 61.1 Å². The number of hydrogen-bond acceptors (Lipinski definition) is 5. The smallest absolute Gasteiger partial charge is 0.255 e. The molecule has 2 heterocycles. The lowest BCUT2D eigenvalue weighted by Crippen LogP contribution is -2.46. The molecule has 1 aromatic carbocycles. The normalized spacial score (nSPS) is 17.1. The number of aryl methyl sites for hydroxylation is 1. The number of carbonyl (C=O) groups is 1. The fraction of sp³-hybridized carbons (Fsp3) is 0.478. The first kappa shape index (κ1) is 25.6. The second-order valence-corrected chi connectivity index (χ2v) is 11.7. The van der Waals surface area contributed by atoms with Crippen molar-refractivity contribution in [3.63, 3.8) is 0 Å². The van der Waals surface area contributed by atoms with E-state index in [0.717, 1.165) is 0 Å². The van der Waals surface area contributed by atoms with E-state index < -0.39 is 28.0 Å². The van der Waals surface area contributed by atoms with E-state index in [1.807, 2.05) is 0 Å². The van der Waals surface area contributed by atoms with E-state index >= 15 is 4.39 Å². The van der Waals surface area contributed by atoms with Crippen LogP contribution in [0.15, 0.2) is 29.2 Å². The largest absolute Gasteiger partial charge is 0.598 e. The first-order valence-electron chi connectivity index (χ1n) is 10.7.